The number of carbonyl (C=O) groups excluding carboxylic acids is 2. The van der Waals surface area contributed by atoms with E-state index in [9.17, 15) is 9.59 Å². The van der Waals surface area contributed by atoms with Crippen LogP contribution in [-0.2, 0) is 9.59 Å². The number of amides is 2. The Balaban J connectivity index is 2.02. The van der Waals surface area contributed by atoms with Crippen molar-refractivity contribution in [1.82, 2.24) is 16.0 Å². The topological polar surface area (TPSA) is 82.6 Å². The normalized spacial score (nSPS) is 14.3. The van der Waals surface area contributed by atoms with E-state index in [1.54, 1.807) is 0 Å². The van der Waals surface area contributed by atoms with Crippen molar-refractivity contribution in [3.63, 3.8) is 0 Å². The standard InChI is InChI=1S/C11H20N4O2/c1-2-3-10(16)14-7-11(17)13-5-4-9-6-12-8-15-9/h12H,2-8H2,1H3,(H,13,17)(H,14,16). The van der Waals surface area contributed by atoms with Crippen LogP contribution in [0.5, 0.6) is 0 Å². The SMILES string of the molecule is CCCC(=O)NCC(=O)NCCC1=NCNC1. The van der Waals surface area contributed by atoms with Gasteiger partial charge >= 0.3 is 0 Å². The molecule has 0 radical (unpaired) electrons. The van der Waals surface area contributed by atoms with Gasteiger partial charge in [0.05, 0.1) is 13.2 Å². The molecule has 96 valence electrons. The summed E-state index contributed by atoms with van der Waals surface area (Å²) in [6.45, 7) is 4.04. The molecule has 0 saturated heterocycles. The summed E-state index contributed by atoms with van der Waals surface area (Å²) in [5, 5.41) is 8.40. The van der Waals surface area contributed by atoms with Crippen molar-refractivity contribution in [2.24, 2.45) is 4.99 Å². The molecule has 0 aromatic heterocycles. The molecule has 1 aliphatic heterocycles. The van der Waals surface area contributed by atoms with Crippen LogP contribution >= 0.6 is 0 Å². The van der Waals surface area contributed by atoms with Crippen LogP contribution in [0.25, 0.3) is 0 Å². The predicted octanol–water partition coefficient (Wildman–Crippen LogP) is -0.589. The van der Waals surface area contributed by atoms with Crippen molar-refractivity contribution in [3.8, 4) is 0 Å². The Morgan fingerprint density at radius 1 is 1.35 bits per heavy atom. The summed E-state index contributed by atoms with van der Waals surface area (Å²) < 4.78 is 0. The van der Waals surface area contributed by atoms with Crippen LogP contribution in [-0.4, -0.2) is 43.8 Å². The molecule has 2 amide bonds. The second-order valence-electron chi connectivity index (χ2n) is 3.94. The summed E-state index contributed by atoms with van der Waals surface area (Å²) in [4.78, 5) is 26.7. The van der Waals surface area contributed by atoms with Crippen LogP contribution in [0, 0.1) is 0 Å². The molecule has 1 heterocycles. The maximum atomic E-state index is 11.3. The Labute approximate surface area is 101 Å². The smallest absolute Gasteiger partial charge is 0.239 e. The van der Waals surface area contributed by atoms with Gasteiger partial charge in [-0.25, -0.2) is 0 Å². The lowest BCUT2D eigenvalue weighted by atomic mass is 10.2. The van der Waals surface area contributed by atoms with E-state index >= 15 is 0 Å². The summed E-state index contributed by atoms with van der Waals surface area (Å²) in [7, 11) is 0. The highest BCUT2D eigenvalue weighted by molar-refractivity contribution is 5.88. The minimum absolute atomic E-state index is 0.0591. The number of nitrogens with one attached hydrogen (secondary N) is 3. The van der Waals surface area contributed by atoms with Gasteiger partial charge in [-0.05, 0) is 6.42 Å². The zero-order chi connectivity index (χ0) is 12.5. The molecule has 0 aromatic rings. The van der Waals surface area contributed by atoms with E-state index < -0.39 is 0 Å². The van der Waals surface area contributed by atoms with Gasteiger partial charge in [0, 0.05) is 31.6 Å². The lowest BCUT2D eigenvalue weighted by Crippen LogP contribution is -2.37. The van der Waals surface area contributed by atoms with Crippen LogP contribution in [0.15, 0.2) is 4.99 Å². The quantitative estimate of drug-likeness (QED) is 0.556. The van der Waals surface area contributed by atoms with E-state index in [4.69, 9.17) is 0 Å². The van der Waals surface area contributed by atoms with Crippen molar-refractivity contribution in [3.05, 3.63) is 0 Å². The minimum Gasteiger partial charge on any atom is -0.354 e. The fourth-order valence-electron chi connectivity index (χ4n) is 1.49. The molecule has 0 aromatic carbocycles. The largest absolute Gasteiger partial charge is 0.354 e. The Morgan fingerprint density at radius 3 is 2.82 bits per heavy atom. The van der Waals surface area contributed by atoms with Crippen LogP contribution in [0.1, 0.15) is 26.2 Å². The summed E-state index contributed by atoms with van der Waals surface area (Å²) in [6.07, 6.45) is 2.03. The molecule has 0 unspecified atom stereocenters. The molecule has 6 nitrogen and oxygen atoms in total. The number of hydrogen-bond donors (Lipinski definition) is 3. The molecule has 1 aliphatic rings. The lowest BCUT2D eigenvalue weighted by molar-refractivity contribution is -0.126. The summed E-state index contributed by atoms with van der Waals surface area (Å²) in [5.74, 6) is -0.229. The maximum absolute atomic E-state index is 11.3. The lowest BCUT2D eigenvalue weighted by Gasteiger charge is -2.06. The third kappa shape index (κ3) is 6.01. The van der Waals surface area contributed by atoms with Crippen molar-refractivity contribution in [2.45, 2.75) is 26.2 Å². The Kier molecular flexibility index (Phi) is 6.24. The van der Waals surface area contributed by atoms with Crippen LogP contribution in [0.4, 0.5) is 0 Å². The molecule has 3 N–H and O–H groups in total. The van der Waals surface area contributed by atoms with Gasteiger partial charge in [-0.15, -0.1) is 0 Å². The van der Waals surface area contributed by atoms with E-state index in [-0.39, 0.29) is 18.4 Å². The van der Waals surface area contributed by atoms with E-state index in [2.05, 4.69) is 20.9 Å². The van der Waals surface area contributed by atoms with Crippen molar-refractivity contribution in [2.75, 3.05) is 26.3 Å². The predicted molar refractivity (Wildman–Crippen MR) is 65.8 cm³/mol. The van der Waals surface area contributed by atoms with E-state index in [0.717, 1.165) is 25.1 Å². The molecule has 0 aliphatic carbocycles. The summed E-state index contributed by atoms with van der Waals surface area (Å²) >= 11 is 0. The number of aliphatic imine (C=N–C) groups is 1. The van der Waals surface area contributed by atoms with Crippen molar-refractivity contribution >= 4 is 17.5 Å². The van der Waals surface area contributed by atoms with Crippen molar-refractivity contribution < 1.29 is 9.59 Å². The van der Waals surface area contributed by atoms with Gasteiger partial charge < -0.3 is 10.6 Å². The Bertz CT molecular complexity index is 302. The number of carbonyl (C=O) groups is 2. The Hall–Kier alpha value is -1.43. The van der Waals surface area contributed by atoms with Gasteiger partial charge in [0.1, 0.15) is 0 Å². The van der Waals surface area contributed by atoms with Gasteiger partial charge in [-0.1, -0.05) is 6.92 Å². The Morgan fingerprint density at radius 2 is 2.18 bits per heavy atom. The van der Waals surface area contributed by atoms with Crippen LogP contribution < -0.4 is 16.0 Å². The number of rotatable bonds is 7. The average Bonchev–Trinajstić information content (AvgIpc) is 2.80. The zero-order valence-electron chi connectivity index (χ0n) is 10.2. The molecule has 0 spiro atoms. The zero-order valence-corrected chi connectivity index (χ0v) is 10.2. The van der Waals surface area contributed by atoms with Gasteiger partial charge in [0.25, 0.3) is 0 Å². The molecule has 0 fully saturated rings. The molecule has 17 heavy (non-hydrogen) atoms. The van der Waals surface area contributed by atoms with Crippen LogP contribution in [0.2, 0.25) is 0 Å². The highest BCUT2D eigenvalue weighted by Crippen LogP contribution is 1.90. The van der Waals surface area contributed by atoms with E-state index in [0.29, 0.717) is 19.6 Å². The highest BCUT2D eigenvalue weighted by atomic mass is 16.2. The first kappa shape index (κ1) is 13.6. The molecule has 0 atom stereocenters. The van der Waals surface area contributed by atoms with Gasteiger partial charge in [0.2, 0.25) is 11.8 Å². The molecule has 0 bridgehead atoms. The third-order valence-corrected chi connectivity index (χ3v) is 2.40. The minimum atomic E-state index is -0.152. The first-order valence-electron chi connectivity index (χ1n) is 5.98. The fraction of sp³-hybridized carbons (Fsp3) is 0.727. The van der Waals surface area contributed by atoms with Gasteiger partial charge in [0.15, 0.2) is 0 Å². The molecular weight excluding hydrogens is 220 g/mol. The second-order valence-corrected chi connectivity index (χ2v) is 3.94. The monoisotopic (exact) mass is 240 g/mol. The summed E-state index contributed by atoms with van der Waals surface area (Å²) in [5.41, 5.74) is 1.08. The molecular formula is C11H20N4O2. The van der Waals surface area contributed by atoms with Crippen LogP contribution in [0.3, 0.4) is 0 Å². The summed E-state index contributed by atoms with van der Waals surface area (Å²) in [6, 6.07) is 0. The average molecular weight is 240 g/mol. The van der Waals surface area contributed by atoms with Gasteiger partial charge in [-0.2, -0.15) is 0 Å². The number of nitrogens with zero attached hydrogens (tertiary/aromatic N) is 1. The second kappa shape index (κ2) is 7.78. The van der Waals surface area contributed by atoms with Crippen molar-refractivity contribution in [1.29, 1.82) is 0 Å². The maximum Gasteiger partial charge on any atom is 0.239 e. The van der Waals surface area contributed by atoms with E-state index in [1.807, 2.05) is 6.92 Å². The first-order chi connectivity index (χ1) is 8.22. The number of hydrogen-bond acceptors (Lipinski definition) is 4. The molecule has 0 saturated carbocycles. The molecule has 6 heteroatoms. The highest BCUT2D eigenvalue weighted by Gasteiger charge is 2.07. The third-order valence-electron chi connectivity index (χ3n) is 2.40. The first-order valence-corrected chi connectivity index (χ1v) is 5.98. The molecule has 1 rings (SSSR count). The van der Waals surface area contributed by atoms with Gasteiger partial charge in [-0.3, -0.25) is 19.9 Å². The fourth-order valence-corrected chi connectivity index (χ4v) is 1.49. The van der Waals surface area contributed by atoms with E-state index in [1.165, 1.54) is 0 Å².